The van der Waals surface area contributed by atoms with Crippen LogP contribution in [0.1, 0.15) is 35.0 Å². The van der Waals surface area contributed by atoms with Crippen LogP contribution in [-0.2, 0) is 28.0 Å². The maximum absolute atomic E-state index is 12.6. The van der Waals surface area contributed by atoms with Crippen molar-refractivity contribution in [3.8, 4) is 0 Å². The molecule has 0 unspecified atom stereocenters. The average molecular weight is 416 g/mol. The Morgan fingerprint density at radius 2 is 1.90 bits per heavy atom. The van der Waals surface area contributed by atoms with Crippen molar-refractivity contribution >= 4 is 21.9 Å². The van der Waals surface area contributed by atoms with Crippen LogP contribution in [0.3, 0.4) is 0 Å². The van der Waals surface area contributed by atoms with E-state index in [9.17, 15) is 13.2 Å². The number of benzene rings is 1. The highest BCUT2D eigenvalue weighted by Gasteiger charge is 2.37. The highest BCUT2D eigenvalue weighted by Crippen LogP contribution is 2.34. The SMILES string of the molecule is Cc1nc([C@@H]2CCN(S(=O)(=O)N(C)C)C2)nc2c1CC(=O)N2Cc1ccccc1. The van der Waals surface area contributed by atoms with Crippen LogP contribution >= 0.6 is 0 Å². The van der Waals surface area contributed by atoms with Crippen molar-refractivity contribution in [2.45, 2.75) is 32.2 Å². The van der Waals surface area contributed by atoms with Crippen molar-refractivity contribution < 1.29 is 13.2 Å². The molecule has 0 saturated carbocycles. The van der Waals surface area contributed by atoms with Crippen LogP contribution in [0.4, 0.5) is 5.82 Å². The Bertz CT molecular complexity index is 1040. The predicted molar refractivity (Wildman–Crippen MR) is 110 cm³/mol. The fraction of sp³-hybridized carbons (Fsp3) is 0.450. The van der Waals surface area contributed by atoms with Gasteiger partial charge in [-0.15, -0.1) is 0 Å². The Morgan fingerprint density at radius 1 is 1.17 bits per heavy atom. The van der Waals surface area contributed by atoms with Gasteiger partial charge >= 0.3 is 0 Å². The lowest BCUT2D eigenvalue weighted by Gasteiger charge is -2.21. The van der Waals surface area contributed by atoms with E-state index < -0.39 is 10.2 Å². The molecule has 2 aliphatic rings. The van der Waals surface area contributed by atoms with Crippen LogP contribution in [0, 0.1) is 6.92 Å². The monoisotopic (exact) mass is 415 g/mol. The number of aromatic nitrogens is 2. The number of aryl methyl sites for hydroxylation is 1. The van der Waals surface area contributed by atoms with Gasteiger partial charge in [-0.2, -0.15) is 17.0 Å². The summed E-state index contributed by atoms with van der Waals surface area (Å²) >= 11 is 0. The second-order valence-electron chi connectivity index (χ2n) is 7.75. The number of amides is 1. The molecular formula is C20H25N5O3S. The lowest BCUT2D eigenvalue weighted by atomic mass is 10.1. The first-order chi connectivity index (χ1) is 13.8. The van der Waals surface area contributed by atoms with Gasteiger partial charge in [0.25, 0.3) is 10.2 Å². The quantitative estimate of drug-likeness (QED) is 0.738. The summed E-state index contributed by atoms with van der Waals surface area (Å²) in [5.41, 5.74) is 2.70. The number of fused-ring (bicyclic) bond motifs is 1. The molecule has 4 rings (SSSR count). The molecule has 0 aliphatic carbocycles. The van der Waals surface area contributed by atoms with Crippen LogP contribution in [0.25, 0.3) is 0 Å². The Morgan fingerprint density at radius 3 is 2.59 bits per heavy atom. The molecule has 2 aromatic rings. The van der Waals surface area contributed by atoms with Gasteiger partial charge in [-0.3, -0.25) is 9.69 Å². The summed E-state index contributed by atoms with van der Waals surface area (Å²) in [5.74, 6) is 1.21. The van der Waals surface area contributed by atoms with Gasteiger partial charge in [-0.25, -0.2) is 9.97 Å². The first-order valence-electron chi connectivity index (χ1n) is 9.66. The van der Waals surface area contributed by atoms with Crippen molar-refractivity contribution in [2.24, 2.45) is 0 Å². The molecule has 0 radical (unpaired) electrons. The third-order valence-corrected chi connectivity index (χ3v) is 7.49. The van der Waals surface area contributed by atoms with Gasteiger partial charge in [0.2, 0.25) is 5.91 Å². The molecule has 0 N–H and O–H groups in total. The second-order valence-corrected chi connectivity index (χ2v) is 9.89. The van der Waals surface area contributed by atoms with E-state index in [4.69, 9.17) is 4.98 Å². The molecule has 9 heteroatoms. The topological polar surface area (TPSA) is 86.7 Å². The van der Waals surface area contributed by atoms with Crippen LogP contribution in [0.2, 0.25) is 0 Å². The van der Waals surface area contributed by atoms with Crippen LogP contribution in [0.5, 0.6) is 0 Å². The van der Waals surface area contributed by atoms with Crippen LogP contribution in [-0.4, -0.2) is 60.1 Å². The summed E-state index contributed by atoms with van der Waals surface area (Å²) in [6.07, 6.45) is 0.970. The summed E-state index contributed by atoms with van der Waals surface area (Å²) in [6.45, 7) is 3.16. The molecule has 2 aliphatic heterocycles. The molecule has 1 atom stereocenters. The van der Waals surface area contributed by atoms with Gasteiger partial charge in [-0.05, 0) is 18.9 Å². The largest absolute Gasteiger partial charge is 0.292 e. The van der Waals surface area contributed by atoms with Crippen molar-refractivity contribution in [1.29, 1.82) is 0 Å². The van der Waals surface area contributed by atoms with Gasteiger partial charge in [-0.1, -0.05) is 30.3 Å². The maximum atomic E-state index is 12.6. The standard InChI is InChI=1S/C20H25N5O3S/c1-14-17-11-18(26)25(12-15-7-5-4-6-8-15)20(17)22-19(21-14)16-9-10-24(13-16)29(27,28)23(2)3/h4-8,16H,9-13H2,1-3H3/t16-/m1/s1. The van der Waals surface area contributed by atoms with E-state index >= 15 is 0 Å². The third kappa shape index (κ3) is 3.65. The van der Waals surface area contributed by atoms with E-state index in [1.807, 2.05) is 37.3 Å². The van der Waals surface area contributed by atoms with Crippen LogP contribution < -0.4 is 4.90 Å². The molecule has 0 spiro atoms. The summed E-state index contributed by atoms with van der Waals surface area (Å²) < 4.78 is 27.5. The molecule has 1 amide bonds. The average Bonchev–Trinajstić information content (AvgIpc) is 3.29. The van der Waals surface area contributed by atoms with E-state index in [1.54, 1.807) is 4.90 Å². The van der Waals surface area contributed by atoms with Gasteiger partial charge in [0.15, 0.2) is 0 Å². The summed E-state index contributed by atoms with van der Waals surface area (Å²) in [6, 6.07) is 9.82. The fourth-order valence-electron chi connectivity index (χ4n) is 3.89. The smallest absolute Gasteiger partial charge is 0.281 e. The Hall–Kier alpha value is -2.36. The normalized spacial score (nSPS) is 19.9. The highest BCUT2D eigenvalue weighted by molar-refractivity contribution is 7.86. The first-order valence-corrected chi connectivity index (χ1v) is 11.1. The minimum absolute atomic E-state index is 0.0154. The van der Waals surface area contributed by atoms with Crippen molar-refractivity contribution in [3.63, 3.8) is 0 Å². The van der Waals surface area contributed by atoms with E-state index in [0.29, 0.717) is 44.1 Å². The predicted octanol–water partition coefficient (Wildman–Crippen LogP) is 1.47. The van der Waals surface area contributed by atoms with Gasteiger partial charge in [0.1, 0.15) is 11.6 Å². The van der Waals surface area contributed by atoms with E-state index in [0.717, 1.165) is 16.8 Å². The van der Waals surface area contributed by atoms with Gasteiger partial charge < -0.3 is 0 Å². The van der Waals surface area contributed by atoms with Crippen LogP contribution in [0.15, 0.2) is 30.3 Å². The molecule has 1 aromatic heterocycles. The maximum Gasteiger partial charge on any atom is 0.281 e. The Labute approximate surface area is 171 Å². The van der Waals surface area contributed by atoms with E-state index in [2.05, 4.69) is 4.98 Å². The first kappa shape index (κ1) is 19.9. The Kier molecular flexibility index (Phi) is 5.14. The summed E-state index contributed by atoms with van der Waals surface area (Å²) in [7, 11) is -0.386. The van der Waals surface area contributed by atoms with Gasteiger partial charge in [0.05, 0.1) is 13.0 Å². The lowest BCUT2D eigenvalue weighted by molar-refractivity contribution is -0.117. The molecule has 1 fully saturated rings. The molecule has 29 heavy (non-hydrogen) atoms. The fourth-order valence-corrected chi connectivity index (χ4v) is 5.05. The minimum Gasteiger partial charge on any atom is -0.292 e. The minimum atomic E-state index is -3.45. The lowest BCUT2D eigenvalue weighted by Crippen LogP contribution is -2.38. The Balaban J connectivity index is 1.62. The molecule has 3 heterocycles. The highest BCUT2D eigenvalue weighted by atomic mass is 32.2. The van der Waals surface area contributed by atoms with Crippen molar-refractivity contribution in [2.75, 3.05) is 32.1 Å². The van der Waals surface area contributed by atoms with E-state index in [-0.39, 0.29) is 11.8 Å². The molecule has 154 valence electrons. The summed E-state index contributed by atoms with van der Waals surface area (Å²) in [4.78, 5) is 23.7. The van der Waals surface area contributed by atoms with E-state index in [1.165, 1.54) is 22.7 Å². The number of rotatable bonds is 5. The zero-order valence-electron chi connectivity index (χ0n) is 16.9. The van der Waals surface area contributed by atoms with Crippen molar-refractivity contribution in [3.05, 3.63) is 53.0 Å². The number of hydrogen-bond donors (Lipinski definition) is 0. The number of hydrogen-bond acceptors (Lipinski definition) is 5. The number of anilines is 1. The zero-order valence-corrected chi connectivity index (χ0v) is 17.7. The number of carbonyl (C=O) groups is 1. The summed E-state index contributed by atoms with van der Waals surface area (Å²) in [5, 5.41) is 0. The third-order valence-electron chi connectivity index (χ3n) is 5.58. The second kappa shape index (κ2) is 7.47. The molecule has 1 aromatic carbocycles. The molecular weight excluding hydrogens is 390 g/mol. The molecule has 1 saturated heterocycles. The van der Waals surface area contributed by atoms with Crippen molar-refractivity contribution in [1.82, 2.24) is 18.6 Å². The molecule has 8 nitrogen and oxygen atoms in total. The van der Waals surface area contributed by atoms with Gasteiger partial charge in [0, 0.05) is 44.4 Å². The number of nitrogens with zero attached hydrogens (tertiary/aromatic N) is 5. The zero-order chi connectivity index (χ0) is 20.8. The number of carbonyl (C=O) groups excluding carboxylic acids is 1. The molecule has 0 bridgehead atoms.